The highest BCUT2D eigenvalue weighted by Crippen LogP contribution is 1.79. The van der Waals surface area contributed by atoms with E-state index < -0.39 is 0 Å². The van der Waals surface area contributed by atoms with Crippen LogP contribution in [0.15, 0.2) is 12.5 Å². The normalized spacial score (nSPS) is 9.12. The molecule has 3 nitrogen and oxygen atoms in total. The lowest BCUT2D eigenvalue weighted by Gasteiger charge is -1.90. The summed E-state index contributed by atoms with van der Waals surface area (Å²) in [7, 11) is 1.83. The van der Waals surface area contributed by atoms with E-state index in [0.29, 0.717) is 4.64 Å². The molecule has 1 rings (SSSR count). The van der Waals surface area contributed by atoms with Crippen molar-refractivity contribution < 1.29 is 0 Å². The molecule has 0 aromatic carbocycles. The number of nitrogens with zero attached hydrogens (tertiary/aromatic N) is 3. The summed E-state index contributed by atoms with van der Waals surface area (Å²) in [4.78, 5) is 0. The van der Waals surface area contributed by atoms with Crippen molar-refractivity contribution in [3.8, 4) is 0 Å². The Morgan fingerprint density at radius 2 is 2.38 bits per heavy atom. The first-order chi connectivity index (χ1) is 3.80. The molecule has 0 amide bonds. The van der Waals surface area contributed by atoms with Crippen LogP contribution in [0.3, 0.4) is 0 Å². The van der Waals surface area contributed by atoms with Crippen LogP contribution < -0.4 is 0 Å². The average molecular weight is 127 g/mol. The van der Waals surface area contributed by atoms with Gasteiger partial charge < -0.3 is 4.57 Å². The van der Waals surface area contributed by atoms with Crippen molar-refractivity contribution in [3.63, 3.8) is 0 Å². The van der Waals surface area contributed by atoms with Crippen LogP contribution >= 0.6 is 12.2 Å². The van der Waals surface area contributed by atoms with E-state index >= 15 is 0 Å². The van der Waals surface area contributed by atoms with E-state index in [1.807, 2.05) is 7.05 Å². The molecule has 1 aromatic heterocycles. The Labute approximate surface area is 52.0 Å². The smallest absolute Gasteiger partial charge is 0.127 e. The van der Waals surface area contributed by atoms with Gasteiger partial charge in [-0.15, -0.1) is 5.10 Å². The summed E-state index contributed by atoms with van der Waals surface area (Å²) in [5.41, 5.74) is 0. The van der Waals surface area contributed by atoms with Gasteiger partial charge in [0.1, 0.15) is 11.0 Å². The predicted octanol–water partition coefficient (Wildman–Crippen LogP) is 0.545. The molecule has 0 aliphatic rings. The topological polar surface area (TPSA) is 30.7 Å². The molecule has 42 valence electrons. The number of aryl methyl sites for hydroxylation is 1. The van der Waals surface area contributed by atoms with E-state index in [4.69, 9.17) is 12.2 Å². The lowest BCUT2D eigenvalue weighted by molar-refractivity contribution is 0.795. The minimum atomic E-state index is 0.694. The van der Waals surface area contributed by atoms with Gasteiger partial charge >= 0.3 is 0 Å². The van der Waals surface area contributed by atoms with Crippen molar-refractivity contribution in [1.29, 1.82) is 0 Å². The van der Waals surface area contributed by atoms with Gasteiger partial charge in [-0.3, -0.25) is 0 Å². The summed E-state index contributed by atoms with van der Waals surface area (Å²) < 4.78 is 2.42. The van der Waals surface area contributed by atoms with Gasteiger partial charge in [0.05, 0.1) is 6.20 Å². The summed E-state index contributed by atoms with van der Waals surface area (Å²) >= 11 is 4.81. The Balaban J connectivity index is 3.35. The van der Waals surface area contributed by atoms with Crippen LogP contribution in [0.2, 0.25) is 0 Å². The molecule has 0 radical (unpaired) electrons. The summed E-state index contributed by atoms with van der Waals surface area (Å²) in [5.74, 6) is 0. The van der Waals surface area contributed by atoms with Gasteiger partial charge in [-0.05, 0) is 0 Å². The number of aromatic nitrogens is 3. The van der Waals surface area contributed by atoms with Gasteiger partial charge in [-0.25, -0.2) is 0 Å². The lowest BCUT2D eigenvalue weighted by atomic mass is 10.8. The maximum atomic E-state index is 4.81. The van der Waals surface area contributed by atoms with Gasteiger partial charge in [-0.1, -0.05) is 12.2 Å². The summed E-state index contributed by atoms with van der Waals surface area (Å²) in [5, 5.41) is 7.16. The lowest BCUT2D eigenvalue weighted by Crippen LogP contribution is -1.93. The Morgan fingerprint density at radius 3 is 2.75 bits per heavy atom. The van der Waals surface area contributed by atoms with Gasteiger partial charge in [0.2, 0.25) is 0 Å². The zero-order chi connectivity index (χ0) is 5.98. The Morgan fingerprint density at radius 1 is 1.62 bits per heavy atom. The van der Waals surface area contributed by atoms with Crippen LogP contribution in [0.5, 0.6) is 0 Å². The first-order valence-electron chi connectivity index (χ1n) is 2.14. The van der Waals surface area contributed by atoms with Crippen molar-refractivity contribution in [3.05, 3.63) is 17.2 Å². The zero-order valence-electron chi connectivity index (χ0n) is 4.40. The van der Waals surface area contributed by atoms with Gasteiger partial charge in [0.15, 0.2) is 0 Å². The van der Waals surface area contributed by atoms with E-state index in [9.17, 15) is 0 Å². The molecule has 1 heterocycles. The van der Waals surface area contributed by atoms with Crippen molar-refractivity contribution in [2.24, 2.45) is 7.05 Å². The van der Waals surface area contributed by atoms with Crippen LogP contribution in [0.25, 0.3) is 0 Å². The molecule has 8 heavy (non-hydrogen) atoms. The van der Waals surface area contributed by atoms with Gasteiger partial charge in [0.25, 0.3) is 0 Å². The van der Waals surface area contributed by atoms with Crippen molar-refractivity contribution in [1.82, 2.24) is 14.8 Å². The number of rotatable bonds is 0. The van der Waals surface area contributed by atoms with Crippen LogP contribution in [0, 0.1) is 4.64 Å². The second kappa shape index (κ2) is 2.00. The van der Waals surface area contributed by atoms with Crippen LogP contribution in [-0.4, -0.2) is 14.8 Å². The van der Waals surface area contributed by atoms with Crippen LogP contribution in [0.4, 0.5) is 0 Å². The van der Waals surface area contributed by atoms with E-state index in [1.165, 1.54) is 6.20 Å². The van der Waals surface area contributed by atoms with E-state index in [2.05, 4.69) is 10.2 Å². The van der Waals surface area contributed by atoms with Gasteiger partial charge in [0, 0.05) is 7.05 Å². The van der Waals surface area contributed by atoms with Crippen molar-refractivity contribution in [2.45, 2.75) is 0 Å². The Hall–Kier alpha value is -0.770. The summed E-state index contributed by atoms with van der Waals surface area (Å²) in [6, 6.07) is 0. The fourth-order valence-electron chi connectivity index (χ4n) is 0.338. The third-order valence-electron chi connectivity index (χ3n) is 0.807. The monoisotopic (exact) mass is 127 g/mol. The molecule has 0 N–H and O–H groups in total. The number of hydrogen-bond donors (Lipinski definition) is 0. The van der Waals surface area contributed by atoms with E-state index in [0.717, 1.165) is 0 Å². The third kappa shape index (κ3) is 0.894. The maximum Gasteiger partial charge on any atom is 0.127 e. The quantitative estimate of drug-likeness (QED) is 0.477. The maximum absolute atomic E-state index is 4.81. The average Bonchev–Trinajstić information content (AvgIpc) is 1.77. The molecule has 0 fully saturated rings. The van der Waals surface area contributed by atoms with Gasteiger partial charge in [-0.2, -0.15) is 5.10 Å². The first-order valence-corrected chi connectivity index (χ1v) is 2.55. The highest BCUT2D eigenvalue weighted by atomic mass is 32.1. The highest BCUT2D eigenvalue weighted by molar-refractivity contribution is 7.71. The predicted molar refractivity (Wildman–Crippen MR) is 31.8 cm³/mol. The molecular formula is C4H5N3S. The molecule has 1 aromatic rings. The van der Waals surface area contributed by atoms with E-state index in [1.54, 1.807) is 10.9 Å². The molecule has 0 spiro atoms. The van der Waals surface area contributed by atoms with Crippen molar-refractivity contribution in [2.75, 3.05) is 0 Å². The molecule has 0 aliphatic heterocycles. The molecule has 0 saturated carbocycles. The largest absolute Gasteiger partial charge is 0.324 e. The Kier molecular flexibility index (Phi) is 1.34. The van der Waals surface area contributed by atoms with Crippen LogP contribution in [-0.2, 0) is 7.05 Å². The van der Waals surface area contributed by atoms with Crippen LogP contribution in [0.1, 0.15) is 0 Å². The third-order valence-corrected chi connectivity index (χ3v) is 1.20. The fraction of sp³-hybridized carbons (Fsp3) is 0.250. The standard InChI is InChI=1S/C4H5N3S/c1-7-3-6-5-2-4(7)8/h2-3H,1H3. The minimum Gasteiger partial charge on any atom is -0.324 e. The molecule has 4 heteroatoms. The number of hydrogen-bond acceptors (Lipinski definition) is 3. The second-order valence-corrected chi connectivity index (χ2v) is 1.84. The molecule has 0 atom stereocenters. The second-order valence-electron chi connectivity index (χ2n) is 1.42. The van der Waals surface area contributed by atoms with Crippen molar-refractivity contribution >= 4 is 12.2 Å². The molecular weight excluding hydrogens is 122 g/mol. The molecule has 0 aliphatic carbocycles. The molecule has 0 saturated heterocycles. The zero-order valence-corrected chi connectivity index (χ0v) is 5.22. The Bertz CT molecular complexity index is 229. The molecule has 0 bridgehead atoms. The fourth-order valence-corrected chi connectivity index (χ4v) is 0.432. The minimum absolute atomic E-state index is 0.694. The first kappa shape index (κ1) is 5.37. The summed E-state index contributed by atoms with van der Waals surface area (Å²) in [6.45, 7) is 0. The van der Waals surface area contributed by atoms with E-state index in [-0.39, 0.29) is 0 Å². The summed E-state index contributed by atoms with van der Waals surface area (Å²) in [6.07, 6.45) is 3.11. The highest BCUT2D eigenvalue weighted by Gasteiger charge is 1.77. The molecule has 0 unspecified atom stereocenters. The SMILES string of the molecule is Cn1cnncc1=S.